The van der Waals surface area contributed by atoms with E-state index in [1.165, 1.54) is 6.26 Å². The zero-order chi connectivity index (χ0) is 13.3. The first kappa shape index (κ1) is 13.3. The number of sulfone groups is 1. The molecule has 0 fully saturated rings. The molecule has 0 aliphatic carbocycles. The normalized spacial score (nSPS) is 13.7. The summed E-state index contributed by atoms with van der Waals surface area (Å²) >= 11 is 1.55. The SMILES string of the molecule is Cc1cccc2sc(NC(C)CS(C)(=O)=O)nc12. The Morgan fingerprint density at radius 3 is 2.78 bits per heavy atom. The molecular weight excluding hydrogens is 268 g/mol. The Labute approximate surface area is 111 Å². The second kappa shape index (κ2) is 4.85. The third-order valence-corrected chi connectivity index (χ3v) is 4.60. The lowest BCUT2D eigenvalue weighted by atomic mass is 10.2. The molecule has 1 aromatic carbocycles. The number of hydrogen-bond acceptors (Lipinski definition) is 5. The fraction of sp³-hybridized carbons (Fsp3) is 0.417. The van der Waals surface area contributed by atoms with E-state index in [2.05, 4.69) is 10.3 Å². The van der Waals surface area contributed by atoms with Crippen LogP contribution in [0.5, 0.6) is 0 Å². The van der Waals surface area contributed by atoms with Crippen molar-refractivity contribution in [2.75, 3.05) is 17.3 Å². The Hall–Kier alpha value is -1.14. The number of aryl methyl sites for hydroxylation is 1. The van der Waals surface area contributed by atoms with Crippen LogP contribution in [0.4, 0.5) is 5.13 Å². The van der Waals surface area contributed by atoms with Crippen molar-refractivity contribution >= 4 is 36.5 Å². The van der Waals surface area contributed by atoms with Crippen LogP contribution in [-0.2, 0) is 9.84 Å². The Kier molecular flexibility index (Phi) is 3.59. The van der Waals surface area contributed by atoms with Gasteiger partial charge in [0.2, 0.25) is 0 Å². The molecule has 2 rings (SSSR count). The topological polar surface area (TPSA) is 59.1 Å². The summed E-state index contributed by atoms with van der Waals surface area (Å²) in [7, 11) is -2.97. The highest BCUT2D eigenvalue weighted by atomic mass is 32.2. The molecule has 0 saturated heterocycles. The van der Waals surface area contributed by atoms with Crippen molar-refractivity contribution in [2.45, 2.75) is 19.9 Å². The minimum Gasteiger partial charge on any atom is -0.358 e. The van der Waals surface area contributed by atoms with Crippen molar-refractivity contribution in [3.63, 3.8) is 0 Å². The molecule has 0 spiro atoms. The molecule has 1 N–H and O–H groups in total. The fourth-order valence-electron chi connectivity index (χ4n) is 1.85. The summed E-state index contributed by atoms with van der Waals surface area (Å²) in [5.41, 5.74) is 2.11. The average Bonchev–Trinajstić information content (AvgIpc) is 2.58. The van der Waals surface area contributed by atoms with Crippen LogP contribution in [0.25, 0.3) is 10.2 Å². The highest BCUT2D eigenvalue weighted by Gasteiger charge is 2.12. The predicted octanol–water partition coefficient (Wildman–Crippen LogP) is 2.45. The maximum Gasteiger partial charge on any atom is 0.184 e. The molecular formula is C12H16N2O2S2. The van der Waals surface area contributed by atoms with Gasteiger partial charge in [0.05, 0.1) is 16.0 Å². The number of anilines is 1. The minimum absolute atomic E-state index is 0.113. The minimum atomic E-state index is -2.97. The standard InChI is InChI=1S/C12H16N2O2S2/c1-8-5-4-6-10-11(8)14-12(17-10)13-9(2)7-18(3,15)16/h4-6,9H,7H2,1-3H3,(H,13,14). The molecule has 98 valence electrons. The summed E-state index contributed by atoms with van der Waals surface area (Å²) in [6.45, 7) is 3.87. The molecule has 0 radical (unpaired) electrons. The third-order valence-electron chi connectivity index (χ3n) is 2.54. The zero-order valence-corrected chi connectivity index (χ0v) is 12.2. The molecule has 2 aromatic rings. The van der Waals surface area contributed by atoms with Gasteiger partial charge in [0.1, 0.15) is 9.84 Å². The summed E-state index contributed by atoms with van der Waals surface area (Å²) in [6.07, 6.45) is 1.24. The zero-order valence-electron chi connectivity index (χ0n) is 10.6. The number of fused-ring (bicyclic) bond motifs is 1. The van der Waals surface area contributed by atoms with Crippen LogP contribution in [0.2, 0.25) is 0 Å². The highest BCUT2D eigenvalue weighted by molar-refractivity contribution is 7.90. The lowest BCUT2D eigenvalue weighted by Crippen LogP contribution is -2.24. The summed E-state index contributed by atoms with van der Waals surface area (Å²) < 4.78 is 23.5. The number of aromatic nitrogens is 1. The van der Waals surface area contributed by atoms with Gasteiger partial charge in [0.15, 0.2) is 5.13 Å². The van der Waals surface area contributed by atoms with Gasteiger partial charge in [0.25, 0.3) is 0 Å². The van der Waals surface area contributed by atoms with Crippen molar-refractivity contribution in [1.29, 1.82) is 0 Å². The first-order chi connectivity index (χ1) is 8.35. The Bertz CT molecular complexity index is 662. The van der Waals surface area contributed by atoms with Gasteiger partial charge in [-0.1, -0.05) is 23.5 Å². The first-order valence-electron chi connectivity index (χ1n) is 5.65. The van der Waals surface area contributed by atoms with Gasteiger partial charge in [-0.2, -0.15) is 0 Å². The van der Waals surface area contributed by atoms with Crippen LogP contribution in [0.15, 0.2) is 18.2 Å². The summed E-state index contributed by atoms with van der Waals surface area (Å²) in [5, 5.41) is 3.92. The smallest absolute Gasteiger partial charge is 0.184 e. The molecule has 6 heteroatoms. The third kappa shape index (κ3) is 3.20. The van der Waals surface area contributed by atoms with Crippen molar-refractivity contribution in [2.24, 2.45) is 0 Å². The predicted molar refractivity (Wildman–Crippen MR) is 77.2 cm³/mol. The molecule has 4 nitrogen and oxygen atoms in total. The number of hydrogen-bond donors (Lipinski definition) is 1. The van der Waals surface area contributed by atoms with Crippen LogP contribution >= 0.6 is 11.3 Å². The molecule has 1 atom stereocenters. The summed E-state index contributed by atoms with van der Waals surface area (Å²) in [4.78, 5) is 4.49. The average molecular weight is 284 g/mol. The molecule has 1 heterocycles. The monoisotopic (exact) mass is 284 g/mol. The number of benzene rings is 1. The first-order valence-corrected chi connectivity index (χ1v) is 8.53. The number of para-hydroxylation sites is 1. The molecule has 18 heavy (non-hydrogen) atoms. The van der Waals surface area contributed by atoms with Crippen molar-refractivity contribution in [3.05, 3.63) is 23.8 Å². The lowest BCUT2D eigenvalue weighted by molar-refractivity contribution is 0.598. The van der Waals surface area contributed by atoms with Gasteiger partial charge in [-0.3, -0.25) is 0 Å². The second-order valence-electron chi connectivity index (χ2n) is 4.58. The van der Waals surface area contributed by atoms with E-state index < -0.39 is 9.84 Å². The van der Waals surface area contributed by atoms with Crippen LogP contribution in [0, 0.1) is 6.92 Å². The van der Waals surface area contributed by atoms with Gasteiger partial charge in [-0.25, -0.2) is 13.4 Å². The Morgan fingerprint density at radius 1 is 1.44 bits per heavy atom. The van der Waals surface area contributed by atoms with Gasteiger partial charge in [-0.05, 0) is 25.5 Å². The lowest BCUT2D eigenvalue weighted by Gasteiger charge is -2.10. The summed E-state index contributed by atoms with van der Waals surface area (Å²) in [5.74, 6) is 0.113. The largest absolute Gasteiger partial charge is 0.358 e. The van der Waals surface area contributed by atoms with Crippen molar-refractivity contribution in [1.82, 2.24) is 4.98 Å². The molecule has 0 saturated carbocycles. The molecule has 0 bridgehead atoms. The van der Waals surface area contributed by atoms with Crippen LogP contribution in [0.3, 0.4) is 0 Å². The van der Waals surface area contributed by atoms with Crippen LogP contribution < -0.4 is 5.32 Å². The Balaban J connectivity index is 2.20. The summed E-state index contributed by atoms with van der Waals surface area (Å²) in [6, 6.07) is 5.90. The van der Waals surface area contributed by atoms with Gasteiger partial charge in [-0.15, -0.1) is 0 Å². The quantitative estimate of drug-likeness (QED) is 0.937. The molecule has 0 aliphatic rings. The molecule has 0 amide bonds. The van der Waals surface area contributed by atoms with E-state index in [0.29, 0.717) is 0 Å². The van der Waals surface area contributed by atoms with Gasteiger partial charge >= 0.3 is 0 Å². The van der Waals surface area contributed by atoms with E-state index in [4.69, 9.17) is 0 Å². The van der Waals surface area contributed by atoms with E-state index in [-0.39, 0.29) is 11.8 Å². The Morgan fingerprint density at radius 2 is 2.17 bits per heavy atom. The second-order valence-corrected chi connectivity index (χ2v) is 7.79. The molecule has 0 aliphatic heterocycles. The van der Waals surface area contributed by atoms with E-state index in [1.807, 2.05) is 32.0 Å². The van der Waals surface area contributed by atoms with Crippen molar-refractivity contribution < 1.29 is 8.42 Å². The van der Waals surface area contributed by atoms with Crippen LogP contribution in [0.1, 0.15) is 12.5 Å². The van der Waals surface area contributed by atoms with E-state index in [0.717, 1.165) is 20.9 Å². The van der Waals surface area contributed by atoms with Gasteiger partial charge in [0, 0.05) is 12.3 Å². The maximum atomic E-state index is 11.2. The highest BCUT2D eigenvalue weighted by Crippen LogP contribution is 2.28. The molecule has 1 aromatic heterocycles. The molecule has 1 unspecified atom stereocenters. The van der Waals surface area contributed by atoms with Crippen molar-refractivity contribution in [3.8, 4) is 0 Å². The maximum absolute atomic E-state index is 11.2. The van der Waals surface area contributed by atoms with E-state index in [1.54, 1.807) is 11.3 Å². The van der Waals surface area contributed by atoms with Crippen LogP contribution in [-0.4, -0.2) is 31.5 Å². The van der Waals surface area contributed by atoms with E-state index >= 15 is 0 Å². The van der Waals surface area contributed by atoms with E-state index in [9.17, 15) is 8.42 Å². The number of nitrogens with zero attached hydrogens (tertiary/aromatic N) is 1. The number of nitrogens with one attached hydrogen (secondary N) is 1. The fourth-order valence-corrected chi connectivity index (χ4v) is 3.90. The van der Waals surface area contributed by atoms with Gasteiger partial charge < -0.3 is 5.32 Å². The number of rotatable bonds is 4. The number of thiazole rings is 1.